The first-order valence-corrected chi connectivity index (χ1v) is 4.87. The molecule has 2 nitrogen and oxygen atoms in total. The van der Waals surface area contributed by atoms with E-state index in [9.17, 15) is 0 Å². The summed E-state index contributed by atoms with van der Waals surface area (Å²) in [4.78, 5) is 0. The number of ether oxygens (including phenoxy) is 2. The predicted octanol–water partition coefficient (Wildman–Crippen LogP) is 2.67. The van der Waals surface area contributed by atoms with Gasteiger partial charge in [0.2, 0.25) is 0 Å². The lowest BCUT2D eigenvalue weighted by Crippen LogP contribution is -2.19. The molecule has 0 spiro atoms. The van der Waals surface area contributed by atoms with Crippen LogP contribution in [0.15, 0.2) is 12.1 Å². The number of methoxy groups -OCH3 is 1. The van der Waals surface area contributed by atoms with Crippen molar-refractivity contribution >= 4 is 0 Å². The zero-order valence-electron chi connectivity index (χ0n) is 9.18. The summed E-state index contributed by atoms with van der Waals surface area (Å²) in [6, 6.07) is 4.06. The monoisotopic (exact) mass is 192 g/mol. The van der Waals surface area contributed by atoms with Gasteiger partial charge in [-0.2, -0.15) is 0 Å². The number of fused-ring (bicyclic) bond motifs is 1. The molecule has 0 fully saturated rings. The van der Waals surface area contributed by atoms with E-state index in [1.165, 1.54) is 11.1 Å². The standard InChI is InChI=1S/C12H16O2/c1-8-5-6-9(13-4)10-11(8)14-7-12(10,2)3/h5-6H,7H2,1-4H3. The van der Waals surface area contributed by atoms with Crippen LogP contribution < -0.4 is 9.47 Å². The van der Waals surface area contributed by atoms with Crippen molar-refractivity contribution in [3.8, 4) is 11.5 Å². The van der Waals surface area contributed by atoms with Crippen molar-refractivity contribution in [2.24, 2.45) is 0 Å². The van der Waals surface area contributed by atoms with Gasteiger partial charge in [0.25, 0.3) is 0 Å². The third-order valence-electron chi connectivity index (χ3n) is 2.79. The van der Waals surface area contributed by atoms with Gasteiger partial charge in [-0.3, -0.25) is 0 Å². The molecule has 0 unspecified atom stereocenters. The fourth-order valence-electron chi connectivity index (χ4n) is 1.99. The molecule has 0 atom stereocenters. The van der Waals surface area contributed by atoms with Crippen LogP contribution in [0.25, 0.3) is 0 Å². The summed E-state index contributed by atoms with van der Waals surface area (Å²) in [6.07, 6.45) is 0. The van der Waals surface area contributed by atoms with Gasteiger partial charge in [-0.05, 0) is 18.6 Å². The minimum absolute atomic E-state index is 0.0622. The number of hydrogen-bond acceptors (Lipinski definition) is 2. The first-order valence-electron chi connectivity index (χ1n) is 4.87. The molecule has 0 radical (unpaired) electrons. The molecular weight excluding hydrogens is 176 g/mol. The second-order valence-corrected chi connectivity index (χ2v) is 4.46. The fourth-order valence-corrected chi connectivity index (χ4v) is 1.99. The maximum atomic E-state index is 5.71. The van der Waals surface area contributed by atoms with Crippen LogP contribution >= 0.6 is 0 Å². The minimum Gasteiger partial charge on any atom is -0.496 e. The van der Waals surface area contributed by atoms with Crippen LogP contribution in [0.5, 0.6) is 11.5 Å². The van der Waals surface area contributed by atoms with Crippen LogP contribution in [0.2, 0.25) is 0 Å². The second kappa shape index (κ2) is 2.91. The van der Waals surface area contributed by atoms with Crippen molar-refractivity contribution < 1.29 is 9.47 Å². The molecule has 14 heavy (non-hydrogen) atoms. The van der Waals surface area contributed by atoms with Gasteiger partial charge in [0.1, 0.15) is 11.5 Å². The molecule has 0 bridgehead atoms. The van der Waals surface area contributed by atoms with E-state index in [0.717, 1.165) is 18.1 Å². The zero-order valence-corrected chi connectivity index (χ0v) is 9.18. The Kier molecular flexibility index (Phi) is 1.95. The summed E-state index contributed by atoms with van der Waals surface area (Å²) in [5, 5.41) is 0. The molecule has 0 aromatic heterocycles. The van der Waals surface area contributed by atoms with E-state index in [-0.39, 0.29) is 5.41 Å². The van der Waals surface area contributed by atoms with Crippen molar-refractivity contribution in [1.29, 1.82) is 0 Å². The van der Waals surface area contributed by atoms with Gasteiger partial charge in [0.15, 0.2) is 0 Å². The molecule has 0 amide bonds. The van der Waals surface area contributed by atoms with Gasteiger partial charge < -0.3 is 9.47 Å². The molecule has 1 aliphatic heterocycles. The fraction of sp³-hybridized carbons (Fsp3) is 0.500. The summed E-state index contributed by atoms with van der Waals surface area (Å²) in [5.74, 6) is 1.95. The highest BCUT2D eigenvalue weighted by molar-refractivity contribution is 5.55. The second-order valence-electron chi connectivity index (χ2n) is 4.46. The molecule has 2 heteroatoms. The molecule has 2 rings (SSSR count). The molecule has 1 aromatic carbocycles. The van der Waals surface area contributed by atoms with E-state index < -0.39 is 0 Å². The van der Waals surface area contributed by atoms with E-state index in [0.29, 0.717) is 0 Å². The van der Waals surface area contributed by atoms with Gasteiger partial charge in [-0.25, -0.2) is 0 Å². The third kappa shape index (κ3) is 1.17. The third-order valence-corrected chi connectivity index (χ3v) is 2.79. The molecule has 1 heterocycles. The van der Waals surface area contributed by atoms with Crippen molar-refractivity contribution in [1.82, 2.24) is 0 Å². The van der Waals surface area contributed by atoms with Gasteiger partial charge in [0, 0.05) is 11.0 Å². The van der Waals surface area contributed by atoms with E-state index in [4.69, 9.17) is 9.47 Å². The molecule has 0 saturated carbocycles. The Hall–Kier alpha value is -1.18. The zero-order chi connectivity index (χ0) is 10.3. The maximum absolute atomic E-state index is 5.71. The summed E-state index contributed by atoms with van der Waals surface area (Å²) >= 11 is 0. The Morgan fingerprint density at radius 2 is 2.07 bits per heavy atom. The van der Waals surface area contributed by atoms with E-state index in [2.05, 4.69) is 20.8 Å². The molecular formula is C12H16O2. The Labute approximate surface area is 84.8 Å². The lowest BCUT2D eigenvalue weighted by Gasteiger charge is -2.18. The van der Waals surface area contributed by atoms with Gasteiger partial charge in [-0.1, -0.05) is 19.9 Å². The molecule has 1 aromatic rings. The Morgan fingerprint density at radius 3 is 2.71 bits per heavy atom. The number of aryl methyl sites for hydroxylation is 1. The minimum atomic E-state index is 0.0622. The van der Waals surface area contributed by atoms with Crippen LogP contribution in [0.1, 0.15) is 25.0 Å². The quantitative estimate of drug-likeness (QED) is 0.681. The highest BCUT2D eigenvalue weighted by Gasteiger charge is 2.35. The Balaban J connectivity index is 2.66. The molecule has 1 aliphatic rings. The van der Waals surface area contributed by atoms with Gasteiger partial charge in [-0.15, -0.1) is 0 Å². The van der Waals surface area contributed by atoms with Crippen LogP contribution in [0.4, 0.5) is 0 Å². The smallest absolute Gasteiger partial charge is 0.129 e. The largest absolute Gasteiger partial charge is 0.496 e. The van der Waals surface area contributed by atoms with Crippen molar-refractivity contribution in [2.75, 3.05) is 13.7 Å². The average Bonchev–Trinajstić information content (AvgIpc) is 2.45. The van der Waals surface area contributed by atoms with Gasteiger partial charge in [0.05, 0.1) is 13.7 Å². The predicted molar refractivity (Wildman–Crippen MR) is 56.3 cm³/mol. The lowest BCUT2D eigenvalue weighted by atomic mass is 9.85. The summed E-state index contributed by atoms with van der Waals surface area (Å²) in [5.41, 5.74) is 2.46. The summed E-state index contributed by atoms with van der Waals surface area (Å²) in [6.45, 7) is 7.17. The van der Waals surface area contributed by atoms with Gasteiger partial charge >= 0.3 is 0 Å². The summed E-state index contributed by atoms with van der Waals surface area (Å²) in [7, 11) is 1.71. The normalized spacial score (nSPS) is 17.4. The van der Waals surface area contributed by atoms with Crippen molar-refractivity contribution in [3.63, 3.8) is 0 Å². The summed E-state index contributed by atoms with van der Waals surface area (Å²) < 4.78 is 11.1. The topological polar surface area (TPSA) is 18.5 Å². The number of benzene rings is 1. The average molecular weight is 192 g/mol. The van der Waals surface area contributed by atoms with Crippen molar-refractivity contribution in [2.45, 2.75) is 26.2 Å². The SMILES string of the molecule is COc1ccc(C)c2c1C(C)(C)CO2. The first-order chi connectivity index (χ1) is 6.56. The lowest BCUT2D eigenvalue weighted by molar-refractivity contribution is 0.288. The van der Waals surface area contributed by atoms with Crippen LogP contribution in [0, 0.1) is 6.92 Å². The number of rotatable bonds is 1. The maximum Gasteiger partial charge on any atom is 0.129 e. The molecule has 0 N–H and O–H groups in total. The van der Waals surface area contributed by atoms with Crippen molar-refractivity contribution in [3.05, 3.63) is 23.3 Å². The Morgan fingerprint density at radius 1 is 1.36 bits per heavy atom. The first kappa shape index (κ1) is 9.38. The van der Waals surface area contributed by atoms with E-state index in [1.54, 1.807) is 7.11 Å². The van der Waals surface area contributed by atoms with E-state index >= 15 is 0 Å². The van der Waals surface area contributed by atoms with Crippen LogP contribution in [0.3, 0.4) is 0 Å². The van der Waals surface area contributed by atoms with Crippen LogP contribution in [-0.4, -0.2) is 13.7 Å². The molecule has 76 valence electrons. The highest BCUT2D eigenvalue weighted by Crippen LogP contribution is 2.45. The Bertz CT molecular complexity index is 367. The van der Waals surface area contributed by atoms with E-state index in [1.807, 2.05) is 12.1 Å². The number of hydrogen-bond donors (Lipinski definition) is 0. The van der Waals surface area contributed by atoms with Crippen LogP contribution in [-0.2, 0) is 5.41 Å². The highest BCUT2D eigenvalue weighted by atomic mass is 16.5. The molecule has 0 aliphatic carbocycles. The molecule has 0 saturated heterocycles.